The maximum absolute atomic E-state index is 13.1. The van der Waals surface area contributed by atoms with Crippen LogP contribution in [0.25, 0.3) is 5.69 Å². The number of nitrogens with one attached hydrogen (secondary N) is 1. The summed E-state index contributed by atoms with van der Waals surface area (Å²) >= 11 is 6.32. The SMILES string of the molecule is Cc1ccc(-n2ncc(C(=O)Nc3cccc(Oc4cnccn4)c3)c2C2CC2)cc1Cl. The molecule has 2 aromatic carbocycles. The fraction of sp³-hybridized carbons (Fsp3) is 0.167. The van der Waals surface area contributed by atoms with Crippen LogP contribution in [-0.2, 0) is 0 Å². The van der Waals surface area contributed by atoms with Crippen LogP contribution in [0, 0.1) is 6.92 Å². The molecule has 0 aliphatic heterocycles. The highest BCUT2D eigenvalue weighted by Gasteiger charge is 2.33. The maximum atomic E-state index is 13.1. The van der Waals surface area contributed by atoms with Gasteiger partial charge in [-0.3, -0.25) is 9.78 Å². The minimum absolute atomic E-state index is 0.215. The summed E-state index contributed by atoms with van der Waals surface area (Å²) in [6.45, 7) is 1.96. The molecule has 4 aromatic rings. The largest absolute Gasteiger partial charge is 0.437 e. The summed E-state index contributed by atoms with van der Waals surface area (Å²) in [5.74, 6) is 1.03. The highest BCUT2D eigenvalue weighted by molar-refractivity contribution is 6.31. The van der Waals surface area contributed by atoms with E-state index in [1.165, 1.54) is 6.20 Å². The molecule has 1 aliphatic rings. The van der Waals surface area contributed by atoms with Gasteiger partial charge in [-0.05, 0) is 49.6 Å². The van der Waals surface area contributed by atoms with Crippen LogP contribution in [0.15, 0.2) is 67.3 Å². The van der Waals surface area contributed by atoms with Gasteiger partial charge in [0.15, 0.2) is 0 Å². The number of anilines is 1. The molecule has 8 heteroatoms. The Bertz CT molecular complexity index is 1280. The molecule has 1 amide bonds. The zero-order valence-corrected chi connectivity index (χ0v) is 18.1. The van der Waals surface area contributed by atoms with Crippen LogP contribution in [0.4, 0.5) is 5.69 Å². The van der Waals surface area contributed by atoms with Crippen molar-refractivity contribution in [3.8, 4) is 17.3 Å². The first-order valence-corrected chi connectivity index (χ1v) is 10.7. The minimum atomic E-state index is -0.215. The molecule has 160 valence electrons. The Morgan fingerprint density at radius 2 is 2.03 bits per heavy atom. The lowest BCUT2D eigenvalue weighted by Crippen LogP contribution is -2.14. The maximum Gasteiger partial charge on any atom is 0.259 e. The second kappa shape index (κ2) is 8.43. The van der Waals surface area contributed by atoms with E-state index >= 15 is 0 Å². The monoisotopic (exact) mass is 445 g/mol. The summed E-state index contributed by atoms with van der Waals surface area (Å²) in [6.07, 6.45) is 8.35. The van der Waals surface area contributed by atoms with Crippen molar-refractivity contribution < 1.29 is 9.53 Å². The molecule has 1 fully saturated rings. The minimum Gasteiger partial charge on any atom is -0.437 e. The number of halogens is 1. The summed E-state index contributed by atoms with van der Waals surface area (Å²) in [5.41, 5.74) is 3.93. The van der Waals surface area contributed by atoms with E-state index in [0.29, 0.717) is 33.8 Å². The average Bonchev–Trinajstić information content (AvgIpc) is 3.54. The van der Waals surface area contributed by atoms with Crippen LogP contribution >= 0.6 is 11.6 Å². The Kier molecular flexibility index (Phi) is 5.33. The van der Waals surface area contributed by atoms with Crippen LogP contribution in [-0.4, -0.2) is 25.7 Å². The number of benzene rings is 2. The van der Waals surface area contributed by atoms with E-state index in [2.05, 4.69) is 20.4 Å². The first-order chi connectivity index (χ1) is 15.6. The van der Waals surface area contributed by atoms with E-state index in [1.54, 1.807) is 36.8 Å². The summed E-state index contributed by atoms with van der Waals surface area (Å²) in [7, 11) is 0. The number of amides is 1. The average molecular weight is 446 g/mol. The van der Waals surface area contributed by atoms with Gasteiger partial charge in [0.25, 0.3) is 5.91 Å². The lowest BCUT2D eigenvalue weighted by Gasteiger charge is -2.11. The van der Waals surface area contributed by atoms with Crippen molar-refractivity contribution in [2.24, 2.45) is 0 Å². The van der Waals surface area contributed by atoms with Gasteiger partial charge < -0.3 is 10.1 Å². The molecule has 0 radical (unpaired) electrons. The highest BCUT2D eigenvalue weighted by atomic mass is 35.5. The van der Waals surface area contributed by atoms with Crippen molar-refractivity contribution >= 4 is 23.2 Å². The molecule has 0 bridgehead atoms. The van der Waals surface area contributed by atoms with E-state index in [0.717, 1.165) is 29.8 Å². The first-order valence-electron chi connectivity index (χ1n) is 10.3. The smallest absolute Gasteiger partial charge is 0.259 e. The standard InChI is InChI=1S/C24H20ClN5O2/c1-15-5-8-18(12-21(15)25)30-23(16-6-7-16)20(13-28-30)24(31)29-17-3-2-4-19(11-17)32-22-14-26-9-10-27-22/h2-5,8-14,16H,6-7H2,1H3,(H,29,31). The summed E-state index contributed by atoms with van der Waals surface area (Å²) < 4.78 is 7.53. The van der Waals surface area contributed by atoms with E-state index in [1.807, 2.05) is 35.9 Å². The Hall–Kier alpha value is -3.71. The lowest BCUT2D eigenvalue weighted by atomic mass is 10.1. The second-order valence-corrected chi connectivity index (χ2v) is 8.10. The lowest BCUT2D eigenvalue weighted by molar-refractivity contribution is 0.102. The third-order valence-corrected chi connectivity index (χ3v) is 5.68. The molecule has 1 saturated carbocycles. The number of carbonyl (C=O) groups is 1. The molecular formula is C24H20ClN5O2. The Labute approximate surface area is 190 Å². The van der Waals surface area contributed by atoms with E-state index < -0.39 is 0 Å². The van der Waals surface area contributed by atoms with Crippen LogP contribution in [0.5, 0.6) is 11.6 Å². The predicted octanol–water partition coefficient (Wildman–Crippen LogP) is 5.55. The first kappa shape index (κ1) is 20.2. The normalized spacial score (nSPS) is 13.1. The van der Waals surface area contributed by atoms with Crippen LogP contribution < -0.4 is 10.1 Å². The van der Waals surface area contributed by atoms with E-state index in [9.17, 15) is 4.79 Å². The number of rotatable bonds is 6. The molecule has 7 nitrogen and oxygen atoms in total. The van der Waals surface area contributed by atoms with Crippen molar-refractivity contribution in [1.29, 1.82) is 0 Å². The van der Waals surface area contributed by atoms with Crippen molar-refractivity contribution in [2.45, 2.75) is 25.7 Å². The molecule has 32 heavy (non-hydrogen) atoms. The van der Waals surface area contributed by atoms with Gasteiger partial charge in [0, 0.05) is 35.1 Å². The second-order valence-electron chi connectivity index (χ2n) is 7.69. The third-order valence-electron chi connectivity index (χ3n) is 5.27. The number of aromatic nitrogens is 4. The van der Waals surface area contributed by atoms with Gasteiger partial charge in [0.05, 0.1) is 29.3 Å². The molecule has 0 saturated heterocycles. The third kappa shape index (κ3) is 4.20. The van der Waals surface area contributed by atoms with Gasteiger partial charge >= 0.3 is 0 Å². The number of aryl methyl sites for hydroxylation is 1. The predicted molar refractivity (Wildman–Crippen MR) is 122 cm³/mol. The summed E-state index contributed by atoms with van der Waals surface area (Å²) in [6, 6.07) is 13.0. The molecule has 2 aromatic heterocycles. The van der Waals surface area contributed by atoms with Crippen LogP contribution in [0.1, 0.15) is 40.4 Å². The Morgan fingerprint density at radius 1 is 1.16 bits per heavy atom. The van der Waals surface area contributed by atoms with Gasteiger partial charge in [0.1, 0.15) is 5.75 Å². The number of nitrogens with zero attached hydrogens (tertiary/aromatic N) is 4. The zero-order valence-electron chi connectivity index (χ0n) is 17.3. The van der Waals surface area contributed by atoms with Gasteiger partial charge in [-0.2, -0.15) is 5.10 Å². The van der Waals surface area contributed by atoms with Crippen molar-refractivity contribution in [3.63, 3.8) is 0 Å². The number of ether oxygens (including phenoxy) is 1. The van der Waals surface area contributed by atoms with Gasteiger partial charge in [-0.25, -0.2) is 9.67 Å². The topological polar surface area (TPSA) is 81.9 Å². The molecule has 0 atom stereocenters. The quantitative estimate of drug-likeness (QED) is 0.421. The molecule has 5 rings (SSSR count). The van der Waals surface area contributed by atoms with E-state index in [-0.39, 0.29) is 5.91 Å². The van der Waals surface area contributed by atoms with Crippen molar-refractivity contribution in [1.82, 2.24) is 19.7 Å². The summed E-state index contributed by atoms with van der Waals surface area (Å²) in [5, 5.41) is 8.14. The number of hydrogen-bond donors (Lipinski definition) is 1. The van der Waals surface area contributed by atoms with Crippen molar-refractivity contribution in [3.05, 3.63) is 89.1 Å². The Morgan fingerprint density at radius 3 is 2.78 bits per heavy atom. The zero-order chi connectivity index (χ0) is 22.1. The van der Waals surface area contributed by atoms with Crippen LogP contribution in [0.2, 0.25) is 5.02 Å². The van der Waals surface area contributed by atoms with E-state index in [4.69, 9.17) is 16.3 Å². The fourth-order valence-electron chi connectivity index (χ4n) is 3.50. The Balaban J connectivity index is 1.40. The van der Waals surface area contributed by atoms with Gasteiger partial charge in [-0.15, -0.1) is 0 Å². The van der Waals surface area contributed by atoms with Crippen molar-refractivity contribution in [2.75, 3.05) is 5.32 Å². The number of hydrogen-bond acceptors (Lipinski definition) is 5. The van der Waals surface area contributed by atoms with Gasteiger partial charge in [0.2, 0.25) is 5.88 Å². The molecule has 2 heterocycles. The number of carbonyl (C=O) groups excluding carboxylic acids is 1. The summed E-state index contributed by atoms with van der Waals surface area (Å²) in [4.78, 5) is 21.2. The molecular weight excluding hydrogens is 426 g/mol. The molecule has 1 N–H and O–H groups in total. The molecule has 1 aliphatic carbocycles. The van der Waals surface area contributed by atoms with Crippen LogP contribution in [0.3, 0.4) is 0 Å². The van der Waals surface area contributed by atoms with Gasteiger partial charge in [-0.1, -0.05) is 23.7 Å². The molecule has 0 unspecified atom stereocenters. The fourth-order valence-corrected chi connectivity index (χ4v) is 3.67. The highest BCUT2D eigenvalue weighted by Crippen LogP contribution is 2.43. The molecule has 0 spiro atoms.